The molecule has 0 N–H and O–H groups in total. The van der Waals surface area contributed by atoms with E-state index in [0.29, 0.717) is 22.7 Å². The van der Waals surface area contributed by atoms with Gasteiger partial charge in [0.25, 0.3) is 11.6 Å². The Balaban J connectivity index is 1.78. The van der Waals surface area contributed by atoms with Gasteiger partial charge in [0.05, 0.1) is 23.3 Å². The van der Waals surface area contributed by atoms with E-state index in [2.05, 4.69) is 5.10 Å². The number of hydrazone groups is 1. The summed E-state index contributed by atoms with van der Waals surface area (Å²) in [6.45, 7) is 0. The van der Waals surface area contributed by atoms with Crippen LogP contribution in [-0.4, -0.2) is 23.7 Å². The van der Waals surface area contributed by atoms with Gasteiger partial charge in [-0.3, -0.25) is 14.9 Å². The van der Waals surface area contributed by atoms with Crippen molar-refractivity contribution in [3.05, 3.63) is 106 Å². The van der Waals surface area contributed by atoms with Crippen LogP contribution in [0.3, 0.4) is 0 Å². The van der Waals surface area contributed by atoms with E-state index in [1.54, 1.807) is 25.3 Å². The predicted octanol–water partition coefficient (Wildman–Crippen LogP) is 4.44. The molecule has 3 aromatic rings. The fourth-order valence-electron chi connectivity index (χ4n) is 3.11. The number of non-ortho nitro benzene ring substituents is 1. The summed E-state index contributed by atoms with van der Waals surface area (Å²) in [6.07, 6.45) is 1.79. The number of rotatable bonds is 5. The summed E-state index contributed by atoms with van der Waals surface area (Å²) in [6, 6.07) is 22.5. The second-order valence-electron chi connectivity index (χ2n) is 6.54. The Morgan fingerprint density at radius 2 is 1.63 bits per heavy atom. The fraction of sp³-hybridized carbons (Fsp3) is 0.0435. The second-order valence-corrected chi connectivity index (χ2v) is 6.54. The molecule has 0 saturated carbocycles. The average molecular weight is 399 g/mol. The smallest absolute Gasteiger partial charge is 0.281 e. The highest BCUT2D eigenvalue weighted by molar-refractivity contribution is 6.37. The first-order chi connectivity index (χ1) is 14.6. The molecule has 1 aliphatic rings. The number of benzene rings is 3. The molecule has 1 amide bonds. The molecule has 0 saturated heterocycles. The van der Waals surface area contributed by atoms with Crippen molar-refractivity contribution in [2.45, 2.75) is 0 Å². The Morgan fingerprint density at radius 3 is 2.23 bits per heavy atom. The fourth-order valence-corrected chi connectivity index (χ4v) is 3.11. The lowest BCUT2D eigenvalue weighted by Crippen LogP contribution is -2.21. The molecular formula is C23H17N3O4. The number of hydrogen-bond donors (Lipinski definition) is 0. The van der Waals surface area contributed by atoms with E-state index in [9.17, 15) is 14.9 Å². The summed E-state index contributed by atoms with van der Waals surface area (Å²) in [4.78, 5) is 23.7. The van der Waals surface area contributed by atoms with Crippen molar-refractivity contribution in [2.75, 3.05) is 12.1 Å². The van der Waals surface area contributed by atoms with Crippen molar-refractivity contribution in [3.8, 4) is 5.75 Å². The summed E-state index contributed by atoms with van der Waals surface area (Å²) in [5.74, 6) is 0.392. The number of anilines is 1. The maximum Gasteiger partial charge on any atom is 0.281 e. The molecule has 148 valence electrons. The van der Waals surface area contributed by atoms with Crippen LogP contribution in [-0.2, 0) is 4.79 Å². The zero-order valence-corrected chi connectivity index (χ0v) is 16.1. The molecule has 0 aliphatic carbocycles. The molecule has 3 aromatic carbocycles. The number of ether oxygens (including phenoxy) is 1. The SMILES string of the molecule is COc1ccc(C2=NN(c3ccc([N+](=O)[O-])cc3)C(=O)C2=Cc2ccccc2)cc1. The van der Waals surface area contributed by atoms with Gasteiger partial charge in [-0.15, -0.1) is 0 Å². The molecule has 0 spiro atoms. The minimum Gasteiger partial charge on any atom is -0.497 e. The summed E-state index contributed by atoms with van der Waals surface area (Å²) in [5, 5.41) is 16.7. The van der Waals surface area contributed by atoms with Crippen molar-refractivity contribution in [2.24, 2.45) is 5.10 Å². The molecule has 0 unspecified atom stereocenters. The van der Waals surface area contributed by atoms with Crippen molar-refractivity contribution in [3.63, 3.8) is 0 Å². The molecule has 0 atom stereocenters. The van der Waals surface area contributed by atoms with Gasteiger partial charge in [0.1, 0.15) is 11.5 Å². The molecular weight excluding hydrogens is 382 g/mol. The van der Waals surface area contributed by atoms with E-state index in [0.717, 1.165) is 11.1 Å². The monoisotopic (exact) mass is 399 g/mol. The highest BCUT2D eigenvalue weighted by Crippen LogP contribution is 2.29. The first kappa shape index (κ1) is 19.1. The van der Waals surface area contributed by atoms with Crippen molar-refractivity contribution >= 4 is 29.1 Å². The quantitative estimate of drug-likeness (QED) is 0.361. The second kappa shape index (κ2) is 8.00. The van der Waals surface area contributed by atoms with Crippen LogP contribution in [0.2, 0.25) is 0 Å². The molecule has 0 radical (unpaired) electrons. The Hall–Kier alpha value is -4.26. The standard InChI is InChI=1S/C23H17N3O4/c1-30-20-13-7-17(8-14-20)22-21(15-16-5-3-2-4-6-16)23(27)25(24-22)18-9-11-19(12-10-18)26(28)29/h2-15H,1H3. The number of methoxy groups -OCH3 is 1. The van der Waals surface area contributed by atoms with Gasteiger partial charge in [-0.1, -0.05) is 30.3 Å². The van der Waals surface area contributed by atoms with E-state index in [4.69, 9.17) is 4.74 Å². The highest BCUT2D eigenvalue weighted by atomic mass is 16.6. The van der Waals surface area contributed by atoms with Crippen LogP contribution in [0.4, 0.5) is 11.4 Å². The third kappa shape index (κ3) is 3.68. The Labute approximate surface area is 172 Å². The summed E-state index contributed by atoms with van der Waals surface area (Å²) >= 11 is 0. The van der Waals surface area contributed by atoms with Crippen molar-refractivity contribution in [1.29, 1.82) is 0 Å². The van der Waals surface area contributed by atoms with E-state index in [1.807, 2.05) is 42.5 Å². The number of nitrogens with zero attached hydrogens (tertiary/aromatic N) is 3. The topological polar surface area (TPSA) is 85.0 Å². The van der Waals surface area contributed by atoms with Crippen LogP contribution in [0.5, 0.6) is 5.75 Å². The molecule has 30 heavy (non-hydrogen) atoms. The minimum absolute atomic E-state index is 0.0511. The third-order valence-electron chi connectivity index (χ3n) is 4.66. The molecule has 0 fully saturated rings. The van der Waals surface area contributed by atoms with Crippen LogP contribution in [0, 0.1) is 10.1 Å². The lowest BCUT2D eigenvalue weighted by molar-refractivity contribution is -0.384. The van der Waals surface area contributed by atoms with E-state index >= 15 is 0 Å². The van der Waals surface area contributed by atoms with Crippen LogP contribution in [0.1, 0.15) is 11.1 Å². The largest absolute Gasteiger partial charge is 0.497 e. The van der Waals surface area contributed by atoms with E-state index in [-0.39, 0.29) is 11.6 Å². The van der Waals surface area contributed by atoms with Gasteiger partial charge in [0.15, 0.2) is 0 Å². The zero-order chi connectivity index (χ0) is 21.1. The molecule has 4 rings (SSSR count). The van der Waals surface area contributed by atoms with Gasteiger partial charge in [-0.2, -0.15) is 10.1 Å². The molecule has 0 aromatic heterocycles. The normalized spacial score (nSPS) is 14.7. The maximum atomic E-state index is 13.2. The highest BCUT2D eigenvalue weighted by Gasteiger charge is 2.32. The molecule has 0 bridgehead atoms. The van der Waals surface area contributed by atoms with Gasteiger partial charge in [0.2, 0.25) is 0 Å². The van der Waals surface area contributed by atoms with Gasteiger partial charge in [-0.05, 0) is 48.0 Å². The van der Waals surface area contributed by atoms with E-state index in [1.165, 1.54) is 29.3 Å². The van der Waals surface area contributed by atoms with Crippen LogP contribution in [0.15, 0.2) is 89.5 Å². The lowest BCUT2D eigenvalue weighted by atomic mass is 10.00. The lowest BCUT2D eigenvalue weighted by Gasteiger charge is -2.11. The molecule has 1 aliphatic heterocycles. The van der Waals surface area contributed by atoms with Gasteiger partial charge < -0.3 is 4.74 Å². The Bertz CT molecular complexity index is 1150. The zero-order valence-electron chi connectivity index (χ0n) is 16.1. The van der Waals surface area contributed by atoms with Crippen molar-refractivity contribution in [1.82, 2.24) is 0 Å². The number of hydrogen-bond acceptors (Lipinski definition) is 5. The first-order valence-corrected chi connectivity index (χ1v) is 9.16. The number of nitro benzene ring substituents is 1. The predicted molar refractivity (Wildman–Crippen MR) is 115 cm³/mol. The third-order valence-corrected chi connectivity index (χ3v) is 4.66. The first-order valence-electron chi connectivity index (χ1n) is 9.16. The maximum absolute atomic E-state index is 13.2. The van der Waals surface area contributed by atoms with Gasteiger partial charge in [0, 0.05) is 17.7 Å². The average Bonchev–Trinajstić information content (AvgIpc) is 3.10. The van der Waals surface area contributed by atoms with Crippen LogP contribution >= 0.6 is 0 Å². The van der Waals surface area contributed by atoms with Crippen molar-refractivity contribution < 1.29 is 14.5 Å². The number of amides is 1. The molecule has 1 heterocycles. The summed E-state index contributed by atoms with van der Waals surface area (Å²) < 4.78 is 5.21. The Morgan fingerprint density at radius 1 is 0.967 bits per heavy atom. The van der Waals surface area contributed by atoms with E-state index < -0.39 is 4.92 Å². The number of carbonyl (C=O) groups excluding carboxylic acids is 1. The molecule has 7 heteroatoms. The van der Waals surface area contributed by atoms with Crippen LogP contribution < -0.4 is 9.75 Å². The number of carbonyl (C=O) groups is 1. The molecule has 7 nitrogen and oxygen atoms in total. The van der Waals surface area contributed by atoms with Crippen LogP contribution in [0.25, 0.3) is 6.08 Å². The minimum atomic E-state index is -0.484. The van der Waals surface area contributed by atoms with Gasteiger partial charge >= 0.3 is 0 Å². The Kier molecular flexibility index (Phi) is 5.09. The summed E-state index contributed by atoms with van der Waals surface area (Å²) in [5.41, 5.74) is 2.98. The summed E-state index contributed by atoms with van der Waals surface area (Å²) in [7, 11) is 1.59. The number of nitro groups is 1. The van der Waals surface area contributed by atoms with Gasteiger partial charge in [-0.25, -0.2) is 0 Å².